The van der Waals surface area contributed by atoms with Crippen LogP contribution in [0.5, 0.6) is 11.5 Å². The van der Waals surface area contributed by atoms with Crippen LogP contribution in [0.25, 0.3) is 10.6 Å². The summed E-state index contributed by atoms with van der Waals surface area (Å²) in [6.07, 6.45) is 0. The molecule has 1 atom stereocenters. The number of ether oxygens (including phenoxy) is 2. The summed E-state index contributed by atoms with van der Waals surface area (Å²) in [7, 11) is 3.13. The number of benzene rings is 1. The van der Waals surface area contributed by atoms with Gasteiger partial charge in [-0.2, -0.15) is 0 Å². The van der Waals surface area contributed by atoms with Crippen LogP contribution in [-0.4, -0.2) is 43.6 Å². The van der Waals surface area contributed by atoms with Crippen molar-refractivity contribution in [1.82, 2.24) is 15.6 Å². The lowest BCUT2D eigenvalue weighted by atomic mass is 10.2. The first-order valence-electron chi connectivity index (χ1n) is 7.76. The van der Waals surface area contributed by atoms with Gasteiger partial charge in [-0.1, -0.05) is 0 Å². The van der Waals surface area contributed by atoms with E-state index in [1.807, 2.05) is 13.0 Å². The number of nitrogens with one attached hydrogen (secondary N) is 2. The third kappa shape index (κ3) is 4.48. The zero-order valence-electron chi connectivity index (χ0n) is 14.6. The second-order valence-corrected chi connectivity index (χ2v) is 6.06. The Morgan fingerprint density at radius 3 is 2.60 bits per heavy atom. The molecule has 1 heterocycles. The molecule has 2 aromatic rings. The monoisotopic (exact) mass is 363 g/mol. The van der Waals surface area contributed by atoms with E-state index in [4.69, 9.17) is 9.47 Å². The highest BCUT2D eigenvalue weighted by atomic mass is 32.1. The molecule has 0 saturated heterocycles. The van der Waals surface area contributed by atoms with E-state index >= 15 is 0 Å². The Kier molecular flexibility index (Phi) is 6.35. The maximum absolute atomic E-state index is 12.2. The topological polar surface area (TPSA) is 89.6 Å². The summed E-state index contributed by atoms with van der Waals surface area (Å²) in [5.74, 6) is 0.593. The molecule has 0 aliphatic heterocycles. The molecule has 0 aliphatic carbocycles. The van der Waals surface area contributed by atoms with Gasteiger partial charge in [0.1, 0.15) is 16.7 Å². The SMILES string of the molecule is CCNC(=O)[C@H](C)NC(=O)c1csc(-c2ccc(OC)c(OC)c2)n1. The number of rotatable bonds is 7. The average Bonchev–Trinajstić information content (AvgIpc) is 3.11. The minimum atomic E-state index is -0.626. The van der Waals surface area contributed by atoms with Crippen LogP contribution in [0.2, 0.25) is 0 Å². The van der Waals surface area contributed by atoms with Crippen LogP contribution in [0.3, 0.4) is 0 Å². The largest absolute Gasteiger partial charge is 0.493 e. The molecule has 1 aromatic carbocycles. The molecule has 2 N–H and O–H groups in total. The molecule has 1 aromatic heterocycles. The van der Waals surface area contributed by atoms with E-state index in [2.05, 4.69) is 15.6 Å². The van der Waals surface area contributed by atoms with Crippen LogP contribution < -0.4 is 20.1 Å². The lowest BCUT2D eigenvalue weighted by Crippen LogP contribution is -2.44. The zero-order valence-corrected chi connectivity index (χ0v) is 15.4. The smallest absolute Gasteiger partial charge is 0.271 e. The Labute approximate surface area is 150 Å². The van der Waals surface area contributed by atoms with Crippen molar-refractivity contribution in [3.8, 4) is 22.1 Å². The van der Waals surface area contributed by atoms with Crippen molar-refractivity contribution in [2.24, 2.45) is 0 Å². The second-order valence-electron chi connectivity index (χ2n) is 5.20. The number of thiazole rings is 1. The molecule has 134 valence electrons. The van der Waals surface area contributed by atoms with Gasteiger partial charge in [-0.3, -0.25) is 9.59 Å². The number of carbonyl (C=O) groups is 2. The summed E-state index contributed by atoms with van der Waals surface area (Å²) in [6.45, 7) is 3.96. The number of hydrogen-bond donors (Lipinski definition) is 2. The van der Waals surface area contributed by atoms with Crippen molar-refractivity contribution in [1.29, 1.82) is 0 Å². The lowest BCUT2D eigenvalue weighted by Gasteiger charge is -2.12. The molecule has 0 fully saturated rings. The molecular formula is C17H21N3O4S. The quantitative estimate of drug-likeness (QED) is 0.786. The van der Waals surface area contributed by atoms with Gasteiger partial charge in [-0.25, -0.2) is 4.98 Å². The normalized spacial score (nSPS) is 11.5. The Morgan fingerprint density at radius 2 is 1.96 bits per heavy atom. The molecule has 25 heavy (non-hydrogen) atoms. The maximum atomic E-state index is 12.2. The highest BCUT2D eigenvalue weighted by Crippen LogP contribution is 2.33. The van der Waals surface area contributed by atoms with Crippen LogP contribution in [0, 0.1) is 0 Å². The van der Waals surface area contributed by atoms with Crippen LogP contribution in [0.4, 0.5) is 0 Å². The molecule has 0 radical (unpaired) electrons. The van der Waals surface area contributed by atoms with E-state index in [0.29, 0.717) is 23.1 Å². The molecule has 2 rings (SSSR count). The van der Waals surface area contributed by atoms with Crippen molar-refractivity contribution >= 4 is 23.2 Å². The number of likely N-dealkylation sites (N-methyl/N-ethyl adjacent to an activating group) is 1. The Morgan fingerprint density at radius 1 is 1.24 bits per heavy atom. The minimum absolute atomic E-state index is 0.230. The van der Waals surface area contributed by atoms with Gasteiger partial charge in [0.2, 0.25) is 5.91 Å². The standard InChI is InChI=1S/C17H21N3O4S/c1-5-18-15(21)10(2)19-16(22)12-9-25-17(20-12)11-6-7-13(23-3)14(8-11)24-4/h6-10H,5H2,1-4H3,(H,18,21)(H,19,22)/t10-/m0/s1. The highest BCUT2D eigenvalue weighted by Gasteiger charge is 2.18. The molecule has 0 spiro atoms. The summed E-state index contributed by atoms with van der Waals surface area (Å²) in [5.41, 5.74) is 1.09. The third-order valence-corrected chi connectivity index (χ3v) is 4.35. The van der Waals surface area contributed by atoms with Crippen molar-refractivity contribution in [3.63, 3.8) is 0 Å². The number of aromatic nitrogens is 1. The first kappa shape index (κ1) is 18.7. The third-order valence-electron chi connectivity index (χ3n) is 3.46. The first-order chi connectivity index (χ1) is 12.0. The fourth-order valence-electron chi connectivity index (χ4n) is 2.14. The molecule has 2 amide bonds. The van der Waals surface area contributed by atoms with Crippen LogP contribution in [0.15, 0.2) is 23.6 Å². The molecule has 0 aliphatic rings. The van der Waals surface area contributed by atoms with E-state index in [0.717, 1.165) is 5.56 Å². The van der Waals surface area contributed by atoms with Crippen molar-refractivity contribution in [3.05, 3.63) is 29.3 Å². The van der Waals surface area contributed by atoms with E-state index < -0.39 is 6.04 Å². The molecule has 7 nitrogen and oxygen atoms in total. The Hall–Kier alpha value is -2.61. The summed E-state index contributed by atoms with van der Waals surface area (Å²) in [6, 6.07) is 4.81. The number of methoxy groups -OCH3 is 2. The molecule has 0 saturated carbocycles. The van der Waals surface area contributed by atoms with Crippen molar-refractivity contribution < 1.29 is 19.1 Å². The van der Waals surface area contributed by atoms with Gasteiger partial charge in [0.15, 0.2) is 11.5 Å². The van der Waals surface area contributed by atoms with Gasteiger partial charge < -0.3 is 20.1 Å². The van der Waals surface area contributed by atoms with Crippen LogP contribution >= 0.6 is 11.3 Å². The van der Waals surface area contributed by atoms with Gasteiger partial charge in [0.25, 0.3) is 5.91 Å². The average molecular weight is 363 g/mol. The van der Waals surface area contributed by atoms with E-state index in [9.17, 15) is 9.59 Å². The van der Waals surface area contributed by atoms with Gasteiger partial charge in [-0.05, 0) is 32.0 Å². The summed E-state index contributed by atoms with van der Waals surface area (Å²) >= 11 is 1.34. The number of amides is 2. The highest BCUT2D eigenvalue weighted by molar-refractivity contribution is 7.13. The Bertz CT molecular complexity index is 760. The minimum Gasteiger partial charge on any atom is -0.493 e. The number of carbonyl (C=O) groups excluding carboxylic acids is 2. The van der Waals surface area contributed by atoms with Crippen LogP contribution in [0.1, 0.15) is 24.3 Å². The summed E-state index contributed by atoms with van der Waals surface area (Å²) in [4.78, 5) is 28.3. The van der Waals surface area contributed by atoms with Gasteiger partial charge in [0.05, 0.1) is 14.2 Å². The predicted molar refractivity (Wildman–Crippen MR) is 96.3 cm³/mol. The number of hydrogen-bond acceptors (Lipinski definition) is 6. The van der Waals surface area contributed by atoms with E-state index in [1.165, 1.54) is 11.3 Å². The molecule has 0 bridgehead atoms. The predicted octanol–water partition coefficient (Wildman–Crippen LogP) is 2.08. The molecular weight excluding hydrogens is 342 g/mol. The Balaban J connectivity index is 2.14. The molecule has 8 heteroatoms. The van der Waals surface area contributed by atoms with Gasteiger partial charge >= 0.3 is 0 Å². The van der Waals surface area contributed by atoms with Gasteiger partial charge in [0, 0.05) is 17.5 Å². The van der Waals surface area contributed by atoms with E-state index in [-0.39, 0.29) is 17.5 Å². The zero-order chi connectivity index (χ0) is 18.4. The second kappa shape index (κ2) is 8.48. The fraction of sp³-hybridized carbons (Fsp3) is 0.353. The molecule has 0 unspecified atom stereocenters. The van der Waals surface area contributed by atoms with Gasteiger partial charge in [-0.15, -0.1) is 11.3 Å². The maximum Gasteiger partial charge on any atom is 0.271 e. The van der Waals surface area contributed by atoms with Crippen molar-refractivity contribution in [2.45, 2.75) is 19.9 Å². The summed E-state index contributed by atoms with van der Waals surface area (Å²) < 4.78 is 10.5. The lowest BCUT2D eigenvalue weighted by molar-refractivity contribution is -0.122. The van der Waals surface area contributed by atoms with E-state index in [1.54, 1.807) is 38.7 Å². The van der Waals surface area contributed by atoms with Crippen molar-refractivity contribution in [2.75, 3.05) is 20.8 Å². The van der Waals surface area contributed by atoms with Crippen LogP contribution in [-0.2, 0) is 4.79 Å². The first-order valence-corrected chi connectivity index (χ1v) is 8.64. The summed E-state index contributed by atoms with van der Waals surface area (Å²) in [5, 5.41) is 7.63. The number of nitrogens with zero attached hydrogens (tertiary/aromatic N) is 1. The fourth-order valence-corrected chi connectivity index (χ4v) is 2.94.